The highest BCUT2D eigenvalue weighted by Crippen LogP contribution is 2.52. The fraction of sp³-hybridized carbons (Fsp3) is 0.375. The Morgan fingerprint density at radius 3 is 2.02 bits per heavy atom. The summed E-state index contributed by atoms with van der Waals surface area (Å²) in [6.45, 7) is 0.669. The first-order chi connectivity index (χ1) is 20.1. The quantitative estimate of drug-likeness (QED) is 0.240. The van der Waals surface area contributed by atoms with Crippen LogP contribution >= 0.6 is 0 Å². The van der Waals surface area contributed by atoms with Gasteiger partial charge in [-0.25, -0.2) is 8.78 Å². The van der Waals surface area contributed by atoms with E-state index in [1.54, 1.807) is 12.1 Å². The van der Waals surface area contributed by atoms with E-state index in [0.29, 0.717) is 36.1 Å². The third-order valence-electron chi connectivity index (χ3n) is 8.24. The Hall–Kier alpha value is -3.79. The summed E-state index contributed by atoms with van der Waals surface area (Å²) in [4.78, 5) is 28.3. The summed E-state index contributed by atoms with van der Waals surface area (Å²) in [6.07, 6.45) is -1.92. The molecule has 1 heterocycles. The molecule has 42 heavy (non-hydrogen) atoms. The summed E-state index contributed by atoms with van der Waals surface area (Å²) in [5, 5.41) is 5.07. The van der Waals surface area contributed by atoms with E-state index in [-0.39, 0.29) is 29.5 Å². The number of carbonyl (C=O) groups is 2. The van der Waals surface area contributed by atoms with Crippen molar-refractivity contribution in [1.82, 2.24) is 15.5 Å². The Morgan fingerprint density at radius 2 is 1.45 bits per heavy atom. The van der Waals surface area contributed by atoms with Gasteiger partial charge in [-0.15, -0.1) is 0 Å². The predicted molar refractivity (Wildman–Crippen MR) is 149 cm³/mol. The van der Waals surface area contributed by atoms with Crippen molar-refractivity contribution in [3.63, 3.8) is 0 Å². The van der Waals surface area contributed by atoms with Crippen molar-refractivity contribution in [2.45, 2.75) is 49.7 Å². The topological polar surface area (TPSA) is 61.4 Å². The maximum Gasteiger partial charge on any atom is 0.405 e. The SMILES string of the molecule is O=C(NC1CCN(CCCCC2(C(=O)NCC(F)(F)F)c3cc(F)ccc3-c3ccc(F)cc32)CC1)c1ccccc1. The van der Waals surface area contributed by atoms with Crippen molar-refractivity contribution in [3.05, 3.63) is 95.1 Å². The molecule has 2 aliphatic rings. The highest BCUT2D eigenvalue weighted by molar-refractivity contribution is 6.00. The minimum absolute atomic E-state index is 0.0610. The lowest BCUT2D eigenvalue weighted by molar-refractivity contribution is -0.141. The summed E-state index contributed by atoms with van der Waals surface area (Å²) < 4.78 is 68.2. The number of hydrogen-bond acceptors (Lipinski definition) is 3. The fourth-order valence-corrected chi connectivity index (χ4v) is 6.20. The molecular weight excluding hydrogens is 553 g/mol. The average Bonchev–Trinajstić information content (AvgIpc) is 3.23. The van der Waals surface area contributed by atoms with Gasteiger partial charge in [-0.3, -0.25) is 9.59 Å². The number of amides is 2. The zero-order valence-electron chi connectivity index (χ0n) is 22.9. The largest absolute Gasteiger partial charge is 0.405 e. The summed E-state index contributed by atoms with van der Waals surface area (Å²) in [5.41, 5.74) is 0.467. The molecule has 3 aromatic carbocycles. The maximum atomic E-state index is 14.5. The van der Waals surface area contributed by atoms with Gasteiger partial charge in [-0.2, -0.15) is 13.2 Å². The van der Waals surface area contributed by atoms with E-state index in [1.165, 1.54) is 36.4 Å². The van der Waals surface area contributed by atoms with Crippen LogP contribution in [0.3, 0.4) is 0 Å². The molecule has 0 spiro atoms. The van der Waals surface area contributed by atoms with Gasteiger partial charge >= 0.3 is 6.18 Å². The van der Waals surface area contributed by atoms with Crippen LogP contribution < -0.4 is 10.6 Å². The van der Waals surface area contributed by atoms with Crippen LogP contribution in [0, 0.1) is 11.6 Å². The van der Waals surface area contributed by atoms with Gasteiger partial charge in [-0.1, -0.05) is 36.8 Å². The zero-order chi connectivity index (χ0) is 29.9. The van der Waals surface area contributed by atoms with Crippen LogP contribution in [0.4, 0.5) is 22.0 Å². The van der Waals surface area contributed by atoms with Crippen LogP contribution in [0.1, 0.15) is 53.6 Å². The molecule has 2 amide bonds. The molecule has 2 N–H and O–H groups in total. The van der Waals surface area contributed by atoms with E-state index in [4.69, 9.17) is 0 Å². The Balaban J connectivity index is 1.26. The Labute approximate surface area is 241 Å². The molecule has 5 rings (SSSR count). The van der Waals surface area contributed by atoms with Crippen molar-refractivity contribution in [2.24, 2.45) is 0 Å². The lowest BCUT2D eigenvalue weighted by atomic mass is 9.73. The number of fused-ring (bicyclic) bond motifs is 3. The molecule has 5 nitrogen and oxygen atoms in total. The van der Waals surface area contributed by atoms with E-state index in [9.17, 15) is 31.5 Å². The van der Waals surface area contributed by atoms with Crippen molar-refractivity contribution in [1.29, 1.82) is 0 Å². The van der Waals surface area contributed by atoms with Crippen molar-refractivity contribution < 1.29 is 31.5 Å². The van der Waals surface area contributed by atoms with Gasteiger partial charge in [0.25, 0.3) is 5.91 Å². The van der Waals surface area contributed by atoms with Crippen LogP contribution in [0.5, 0.6) is 0 Å². The molecule has 0 unspecified atom stereocenters. The third kappa shape index (κ3) is 6.33. The first-order valence-corrected chi connectivity index (χ1v) is 14.1. The van der Waals surface area contributed by atoms with Gasteiger partial charge in [-0.05, 0) is 90.9 Å². The van der Waals surface area contributed by atoms with Crippen molar-refractivity contribution >= 4 is 11.8 Å². The molecule has 0 radical (unpaired) electrons. The van der Waals surface area contributed by atoms with Crippen LogP contribution in [-0.2, 0) is 10.2 Å². The molecule has 0 bridgehead atoms. The van der Waals surface area contributed by atoms with Gasteiger partial charge in [0.2, 0.25) is 5.91 Å². The van der Waals surface area contributed by atoms with Gasteiger partial charge in [0, 0.05) is 24.7 Å². The number of rotatable bonds is 9. The van der Waals surface area contributed by atoms with Gasteiger partial charge in [0.05, 0.1) is 0 Å². The number of nitrogens with one attached hydrogen (secondary N) is 2. The van der Waals surface area contributed by atoms with Gasteiger partial charge in [0.15, 0.2) is 0 Å². The summed E-state index contributed by atoms with van der Waals surface area (Å²) in [5.74, 6) is -2.28. The lowest BCUT2D eigenvalue weighted by Crippen LogP contribution is -2.47. The second kappa shape index (κ2) is 12.2. The van der Waals surface area contributed by atoms with Crippen LogP contribution in [0.2, 0.25) is 0 Å². The van der Waals surface area contributed by atoms with E-state index in [0.717, 1.165) is 25.9 Å². The highest BCUT2D eigenvalue weighted by Gasteiger charge is 2.49. The van der Waals surface area contributed by atoms with E-state index >= 15 is 0 Å². The molecule has 222 valence electrons. The molecule has 0 saturated carbocycles. The second-order valence-electron chi connectivity index (χ2n) is 11.0. The first kappa shape index (κ1) is 29.7. The van der Waals surface area contributed by atoms with Crippen molar-refractivity contribution in [3.8, 4) is 11.1 Å². The number of piperidine rings is 1. The average molecular weight is 586 g/mol. The number of unbranched alkanes of at least 4 members (excludes halogenated alkanes) is 1. The summed E-state index contributed by atoms with van der Waals surface area (Å²) in [7, 11) is 0. The molecule has 0 aromatic heterocycles. The predicted octanol–water partition coefficient (Wildman–Crippen LogP) is 5.97. The molecule has 1 saturated heterocycles. The lowest BCUT2D eigenvalue weighted by Gasteiger charge is -2.33. The monoisotopic (exact) mass is 585 g/mol. The fourth-order valence-electron chi connectivity index (χ4n) is 6.20. The third-order valence-corrected chi connectivity index (χ3v) is 8.24. The molecule has 1 aliphatic heterocycles. The van der Waals surface area contributed by atoms with Crippen LogP contribution in [0.25, 0.3) is 11.1 Å². The minimum Gasteiger partial charge on any atom is -0.349 e. The molecule has 0 atom stereocenters. The van der Waals surface area contributed by atoms with E-state index < -0.39 is 35.7 Å². The van der Waals surface area contributed by atoms with Gasteiger partial charge in [0.1, 0.15) is 23.6 Å². The Morgan fingerprint density at radius 1 is 0.857 bits per heavy atom. The number of alkyl halides is 3. The van der Waals surface area contributed by atoms with E-state index in [2.05, 4.69) is 10.2 Å². The highest BCUT2D eigenvalue weighted by atomic mass is 19.4. The molecule has 1 aliphatic carbocycles. The number of likely N-dealkylation sites (tertiary alicyclic amines) is 1. The van der Waals surface area contributed by atoms with Gasteiger partial charge < -0.3 is 15.5 Å². The number of hydrogen-bond donors (Lipinski definition) is 2. The van der Waals surface area contributed by atoms with Crippen LogP contribution in [-0.4, -0.2) is 55.1 Å². The van der Waals surface area contributed by atoms with Crippen molar-refractivity contribution in [2.75, 3.05) is 26.2 Å². The number of carbonyl (C=O) groups excluding carboxylic acids is 2. The van der Waals surface area contributed by atoms with Crippen LogP contribution in [0.15, 0.2) is 66.7 Å². The smallest absolute Gasteiger partial charge is 0.349 e. The maximum absolute atomic E-state index is 14.5. The normalized spacial score (nSPS) is 16.5. The second-order valence-corrected chi connectivity index (χ2v) is 11.0. The number of benzene rings is 3. The summed E-state index contributed by atoms with van der Waals surface area (Å²) in [6, 6.07) is 16.9. The molecule has 1 fully saturated rings. The molecular formula is C32H32F5N3O2. The number of halogens is 5. The Kier molecular flexibility index (Phi) is 8.63. The minimum atomic E-state index is -4.64. The zero-order valence-corrected chi connectivity index (χ0v) is 22.9. The summed E-state index contributed by atoms with van der Waals surface area (Å²) >= 11 is 0. The first-order valence-electron chi connectivity index (χ1n) is 14.1. The Bertz CT molecular complexity index is 1380. The molecule has 10 heteroatoms. The van der Waals surface area contributed by atoms with E-state index in [1.807, 2.05) is 23.5 Å². The standard InChI is InChI=1S/C32H32F5N3O2/c33-22-8-10-25-26-11-9-23(34)19-28(26)31(27(25)18-22,30(42)38-20-32(35,36)37)14-4-5-15-40-16-12-24(13-17-40)39-29(41)21-6-2-1-3-7-21/h1-3,6-11,18-19,24H,4-5,12-17,20H2,(H,38,42)(H,39,41). The number of nitrogens with zero attached hydrogens (tertiary/aromatic N) is 1. The molecule has 3 aromatic rings.